The van der Waals surface area contributed by atoms with E-state index in [0.29, 0.717) is 28.6 Å². The normalized spacial score (nSPS) is 13.3. The molecule has 9 heteroatoms. The lowest BCUT2D eigenvalue weighted by Gasteiger charge is -2.20. The van der Waals surface area contributed by atoms with Gasteiger partial charge in [-0.1, -0.05) is 31.9 Å². The molecule has 0 amide bonds. The molecule has 6 nitrogen and oxygen atoms in total. The maximum atomic E-state index is 13.4. The Labute approximate surface area is 188 Å². The summed E-state index contributed by atoms with van der Waals surface area (Å²) in [5, 5.41) is 20.5. The Kier molecular flexibility index (Phi) is 6.74. The number of rotatable bonds is 7. The third-order valence-electron chi connectivity index (χ3n) is 5.64. The minimum absolute atomic E-state index is 0.00620. The Balaban J connectivity index is 2.23. The monoisotopic (exact) mass is 465 g/mol. The number of carbonyl (C=O) groups excluding carboxylic acids is 1. The molecule has 2 aromatic carbocycles. The van der Waals surface area contributed by atoms with Crippen molar-refractivity contribution in [2.24, 2.45) is 5.92 Å². The van der Waals surface area contributed by atoms with Crippen LogP contribution in [-0.4, -0.2) is 33.3 Å². The number of hydrogen-bond donors (Lipinski definition) is 2. The molecule has 32 heavy (non-hydrogen) atoms. The number of carbonyl (C=O) groups is 2. The van der Waals surface area contributed by atoms with Crippen molar-refractivity contribution < 1.29 is 33.3 Å². The summed E-state index contributed by atoms with van der Waals surface area (Å²) < 4.78 is 30.5. The largest absolute Gasteiger partial charge is 0.506 e. The van der Waals surface area contributed by atoms with E-state index in [-0.39, 0.29) is 28.0 Å². The molecule has 0 aliphatic rings. The van der Waals surface area contributed by atoms with Crippen LogP contribution in [0.1, 0.15) is 47.8 Å². The zero-order valence-corrected chi connectivity index (χ0v) is 18.4. The van der Waals surface area contributed by atoms with Gasteiger partial charge in [-0.05, 0) is 54.8 Å². The van der Waals surface area contributed by atoms with Gasteiger partial charge < -0.3 is 14.9 Å². The van der Waals surface area contributed by atoms with Crippen molar-refractivity contribution in [3.8, 4) is 11.5 Å². The molecule has 3 rings (SSSR count). The number of carboxylic acid groups (broad SMARTS) is 1. The lowest BCUT2D eigenvalue weighted by Crippen LogP contribution is -2.21. The highest BCUT2D eigenvalue weighted by Crippen LogP contribution is 2.41. The Morgan fingerprint density at radius 2 is 1.81 bits per heavy atom. The zero-order valence-electron chi connectivity index (χ0n) is 17.6. The maximum absolute atomic E-state index is 13.4. The van der Waals surface area contributed by atoms with Gasteiger partial charge in [0.15, 0.2) is 0 Å². The molecule has 0 spiro atoms. The Hall–Kier alpha value is -3.13. The fourth-order valence-electron chi connectivity index (χ4n) is 3.90. The molecule has 0 saturated heterocycles. The first kappa shape index (κ1) is 23.5. The Morgan fingerprint density at radius 3 is 2.34 bits per heavy atom. The number of halogens is 3. The molecule has 3 aromatic rings. The van der Waals surface area contributed by atoms with Gasteiger partial charge in [0.25, 0.3) is 5.91 Å². The number of aliphatic carboxylic acids is 1. The Bertz CT molecular complexity index is 1170. The lowest BCUT2D eigenvalue weighted by molar-refractivity contribution is -0.140. The SMILES string of the molecule is CCC(C)[C@@H](C(=O)O)c1c(C)n(C(=O)c2ccc(OC(F)F)cc2)c2cc(Cl)c(O)cc12. The summed E-state index contributed by atoms with van der Waals surface area (Å²) in [5.41, 5.74) is 1.33. The van der Waals surface area contributed by atoms with Gasteiger partial charge in [0.2, 0.25) is 0 Å². The molecule has 1 unspecified atom stereocenters. The minimum atomic E-state index is -2.99. The minimum Gasteiger partial charge on any atom is -0.506 e. The van der Waals surface area contributed by atoms with Gasteiger partial charge in [-0.15, -0.1) is 0 Å². The van der Waals surface area contributed by atoms with Crippen LogP contribution in [0.25, 0.3) is 10.9 Å². The average molecular weight is 466 g/mol. The summed E-state index contributed by atoms with van der Waals surface area (Å²) in [6.07, 6.45) is 0.586. The average Bonchev–Trinajstić information content (AvgIpc) is 2.99. The van der Waals surface area contributed by atoms with E-state index in [4.69, 9.17) is 11.6 Å². The highest BCUT2D eigenvalue weighted by molar-refractivity contribution is 6.33. The predicted octanol–water partition coefficient (Wildman–Crippen LogP) is 5.81. The van der Waals surface area contributed by atoms with Crippen LogP contribution in [0.2, 0.25) is 5.02 Å². The lowest BCUT2D eigenvalue weighted by atomic mass is 9.84. The number of phenols is 1. The molecule has 0 fully saturated rings. The summed E-state index contributed by atoms with van der Waals surface area (Å²) >= 11 is 6.09. The van der Waals surface area contributed by atoms with E-state index in [1.807, 2.05) is 6.92 Å². The van der Waals surface area contributed by atoms with Crippen molar-refractivity contribution in [2.45, 2.75) is 39.7 Å². The van der Waals surface area contributed by atoms with Gasteiger partial charge in [-0.25, -0.2) is 0 Å². The van der Waals surface area contributed by atoms with Crippen LogP contribution in [0.3, 0.4) is 0 Å². The topological polar surface area (TPSA) is 88.8 Å². The third kappa shape index (κ3) is 4.27. The van der Waals surface area contributed by atoms with Crippen molar-refractivity contribution in [1.82, 2.24) is 4.57 Å². The highest BCUT2D eigenvalue weighted by Gasteiger charge is 2.33. The molecule has 0 aliphatic carbocycles. The van der Waals surface area contributed by atoms with Crippen LogP contribution >= 0.6 is 11.6 Å². The van der Waals surface area contributed by atoms with Gasteiger partial charge in [0.1, 0.15) is 11.5 Å². The van der Waals surface area contributed by atoms with Crippen molar-refractivity contribution in [2.75, 3.05) is 0 Å². The number of hydrogen-bond acceptors (Lipinski definition) is 4. The number of aromatic nitrogens is 1. The molecule has 1 heterocycles. The maximum Gasteiger partial charge on any atom is 0.387 e. The molecule has 170 valence electrons. The first-order valence-electron chi connectivity index (χ1n) is 9.92. The fraction of sp³-hybridized carbons (Fsp3) is 0.304. The number of phenolic OH excluding ortho intramolecular Hbond substituents is 1. The first-order valence-corrected chi connectivity index (χ1v) is 10.3. The molecule has 1 aromatic heterocycles. The quantitative estimate of drug-likeness (QED) is 0.459. The number of ether oxygens (including phenoxy) is 1. The van der Waals surface area contributed by atoms with E-state index in [0.717, 1.165) is 0 Å². The molecule has 0 saturated carbocycles. The van der Waals surface area contributed by atoms with E-state index < -0.39 is 24.4 Å². The summed E-state index contributed by atoms with van der Waals surface area (Å²) in [6, 6.07) is 7.96. The number of carboxylic acids is 1. The van der Waals surface area contributed by atoms with Crippen LogP contribution in [0.5, 0.6) is 11.5 Å². The van der Waals surface area contributed by atoms with E-state index in [9.17, 15) is 28.6 Å². The van der Waals surface area contributed by atoms with Crippen molar-refractivity contribution in [3.63, 3.8) is 0 Å². The van der Waals surface area contributed by atoms with Gasteiger partial charge in [0.05, 0.1) is 16.5 Å². The van der Waals surface area contributed by atoms with Crippen molar-refractivity contribution in [1.29, 1.82) is 0 Å². The number of nitrogens with zero attached hydrogens (tertiary/aromatic N) is 1. The summed E-state index contributed by atoms with van der Waals surface area (Å²) in [5.74, 6) is -3.04. The van der Waals surface area contributed by atoms with Gasteiger partial charge in [0, 0.05) is 16.6 Å². The molecule has 2 atom stereocenters. The molecular formula is C23H22ClF2NO5. The van der Waals surface area contributed by atoms with Gasteiger partial charge >= 0.3 is 12.6 Å². The molecule has 0 radical (unpaired) electrons. The first-order chi connectivity index (χ1) is 15.1. The summed E-state index contributed by atoms with van der Waals surface area (Å²) in [7, 11) is 0. The number of fused-ring (bicyclic) bond motifs is 1. The number of alkyl halides is 2. The van der Waals surface area contributed by atoms with Crippen LogP contribution in [0, 0.1) is 12.8 Å². The van der Waals surface area contributed by atoms with Crippen molar-refractivity contribution >= 4 is 34.4 Å². The van der Waals surface area contributed by atoms with E-state index in [1.165, 1.54) is 41.0 Å². The van der Waals surface area contributed by atoms with Crippen LogP contribution in [0.4, 0.5) is 8.78 Å². The van der Waals surface area contributed by atoms with Gasteiger partial charge in [-0.2, -0.15) is 8.78 Å². The second-order valence-electron chi connectivity index (χ2n) is 7.56. The zero-order chi connectivity index (χ0) is 23.7. The van der Waals surface area contributed by atoms with E-state index in [2.05, 4.69) is 4.74 Å². The van der Waals surface area contributed by atoms with E-state index in [1.54, 1.807) is 13.8 Å². The molecule has 0 bridgehead atoms. The number of benzene rings is 2. The third-order valence-corrected chi connectivity index (χ3v) is 5.94. The highest BCUT2D eigenvalue weighted by atomic mass is 35.5. The van der Waals surface area contributed by atoms with Crippen LogP contribution in [-0.2, 0) is 4.79 Å². The summed E-state index contributed by atoms with van der Waals surface area (Å²) in [4.78, 5) is 25.5. The van der Waals surface area contributed by atoms with Crippen LogP contribution in [0.15, 0.2) is 36.4 Å². The second kappa shape index (κ2) is 9.16. The van der Waals surface area contributed by atoms with E-state index >= 15 is 0 Å². The van der Waals surface area contributed by atoms with Gasteiger partial charge in [-0.3, -0.25) is 14.2 Å². The Morgan fingerprint density at radius 1 is 1.19 bits per heavy atom. The van der Waals surface area contributed by atoms with Crippen LogP contribution < -0.4 is 4.74 Å². The second-order valence-corrected chi connectivity index (χ2v) is 7.97. The predicted molar refractivity (Wildman–Crippen MR) is 116 cm³/mol. The molecule has 2 N–H and O–H groups in total. The standard InChI is InChI=1S/C23H22ClF2NO5/c1-4-11(2)19(22(30)31)20-12(3)27(17-10-16(24)18(28)9-15(17)20)21(29)13-5-7-14(8-6-13)32-23(25)26/h5-11,19,23,28H,4H2,1-3H3,(H,30,31)/t11?,19-/m1/s1. The molecular weight excluding hydrogens is 444 g/mol. The van der Waals surface area contributed by atoms with Crippen molar-refractivity contribution in [3.05, 3.63) is 58.2 Å². The smallest absolute Gasteiger partial charge is 0.387 e. The molecule has 0 aliphatic heterocycles. The number of aromatic hydroxyl groups is 1. The fourth-order valence-corrected chi connectivity index (χ4v) is 4.06. The summed E-state index contributed by atoms with van der Waals surface area (Å²) in [6.45, 7) is 2.32.